The van der Waals surface area contributed by atoms with E-state index >= 15 is 0 Å². The van der Waals surface area contributed by atoms with Crippen molar-refractivity contribution in [3.63, 3.8) is 0 Å². The average Bonchev–Trinajstić information content (AvgIpc) is 2.61. The average molecular weight is 383 g/mol. The van der Waals surface area contributed by atoms with Crippen LogP contribution in [0, 0.1) is 5.92 Å². The zero-order valence-electron chi connectivity index (χ0n) is 14.8. The van der Waals surface area contributed by atoms with Gasteiger partial charge in [0.2, 0.25) is 10.0 Å². The number of nitrogens with one attached hydrogen (secondary N) is 1. The molecule has 144 valence electrons. The number of carbonyl (C=O) groups excluding carboxylic acids is 2. The predicted molar refractivity (Wildman–Crippen MR) is 95.8 cm³/mol. The molecular weight excluding hydrogens is 358 g/mol. The molecule has 2 rings (SSSR count). The second-order valence-corrected chi connectivity index (χ2v) is 7.75. The molecule has 1 aromatic carbocycles. The Balaban J connectivity index is 1.73. The van der Waals surface area contributed by atoms with Gasteiger partial charge in [0, 0.05) is 19.6 Å². The van der Waals surface area contributed by atoms with E-state index < -0.39 is 10.0 Å². The van der Waals surface area contributed by atoms with Crippen LogP contribution in [-0.2, 0) is 26.0 Å². The SMILES string of the molecule is CCOC(=O)C1CCN(C(=O)NCCc2ccc(S(N)(=O)=O)cc2)CC1. The number of ether oxygens (including phenoxy) is 1. The monoisotopic (exact) mass is 383 g/mol. The van der Waals surface area contributed by atoms with Crippen molar-refractivity contribution in [3.8, 4) is 0 Å². The van der Waals surface area contributed by atoms with Crippen LogP contribution in [-0.4, -0.2) is 51.6 Å². The number of urea groups is 1. The molecule has 1 aliphatic heterocycles. The standard InChI is InChI=1S/C17H25N3O5S/c1-2-25-16(21)14-8-11-20(12-9-14)17(22)19-10-7-13-3-5-15(6-4-13)26(18,23)24/h3-6,14H,2,7-12H2,1H3,(H,19,22)(H2,18,23,24). The highest BCUT2D eigenvalue weighted by Gasteiger charge is 2.27. The fraction of sp³-hybridized carbons (Fsp3) is 0.529. The summed E-state index contributed by atoms with van der Waals surface area (Å²) >= 11 is 0. The molecule has 1 aliphatic rings. The van der Waals surface area contributed by atoms with Crippen LogP contribution in [0.5, 0.6) is 0 Å². The number of likely N-dealkylation sites (tertiary alicyclic amines) is 1. The zero-order valence-corrected chi connectivity index (χ0v) is 15.6. The third-order valence-electron chi connectivity index (χ3n) is 4.34. The number of sulfonamides is 1. The number of hydrogen-bond donors (Lipinski definition) is 2. The van der Waals surface area contributed by atoms with Crippen LogP contribution in [0.4, 0.5) is 4.79 Å². The number of nitrogens with two attached hydrogens (primary N) is 1. The van der Waals surface area contributed by atoms with E-state index in [9.17, 15) is 18.0 Å². The Morgan fingerprint density at radius 1 is 1.23 bits per heavy atom. The molecule has 0 unspecified atom stereocenters. The van der Waals surface area contributed by atoms with Crippen molar-refractivity contribution in [1.82, 2.24) is 10.2 Å². The van der Waals surface area contributed by atoms with Gasteiger partial charge in [-0.1, -0.05) is 12.1 Å². The normalized spacial score (nSPS) is 15.5. The van der Waals surface area contributed by atoms with Gasteiger partial charge < -0.3 is 15.0 Å². The summed E-state index contributed by atoms with van der Waals surface area (Å²) in [6, 6.07) is 6.10. The molecule has 0 aliphatic carbocycles. The Bertz CT molecular complexity index is 725. The summed E-state index contributed by atoms with van der Waals surface area (Å²) in [4.78, 5) is 25.6. The molecule has 0 aromatic heterocycles. The molecule has 0 radical (unpaired) electrons. The number of primary sulfonamides is 1. The molecule has 26 heavy (non-hydrogen) atoms. The second kappa shape index (κ2) is 9.00. The van der Waals surface area contributed by atoms with E-state index in [1.807, 2.05) is 0 Å². The van der Waals surface area contributed by atoms with Gasteiger partial charge in [-0.15, -0.1) is 0 Å². The maximum atomic E-state index is 12.2. The summed E-state index contributed by atoms with van der Waals surface area (Å²) in [6.07, 6.45) is 1.80. The Morgan fingerprint density at radius 2 is 1.85 bits per heavy atom. The summed E-state index contributed by atoms with van der Waals surface area (Å²) in [5, 5.41) is 7.90. The molecule has 1 fully saturated rings. The topological polar surface area (TPSA) is 119 Å². The van der Waals surface area contributed by atoms with Crippen LogP contribution < -0.4 is 10.5 Å². The Labute approximate surface area is 153 Å². The molecule has 0 bridgehead atoms. The molecule has 3 N–H and O–H groups in total. The summed E-state index contributed by atoms with van der Waals surface area (Å²) < 4.78 is 27.4. The quantitative estimate of drug-likeness (QED) is 0.706. The number of hydrogen-bond acceptors (Lipinski definition) is 5. The smallest absolute Gasteiger partial charge is 0.317 e. The van der Waals surface area contributed by atoms with Crippen molar-refractivity contribution >= 4 is 22.0 Å². The van der Waals surface area contributed by atoms with Gasteiger partial charge in [0.25, 0.3) is 0 Å². The first-order chi connectivity index (χ1) is 12.3. The lowest BCUT2D eigenvalue weighted by Gasteiger charge is -2.30. The number of esters is 1. The first kappa shape index (κ1) is 20.2. The fourth-order valence-corrected chi connectivity index (χ4v) is 3.37. The van der Waals surface area contributed by atoms with Crippen LogP contribution in [0.1, 0.15) is 25.3 Å². The summed E-state index contributed by atoms with van der Waals surface area (Å²) in [6.45, 7) is 3.64. The second-order valence-electron chi connectivity index (χ2n) is 6.18. The van der Waals surface area contributed by atoms with E-state index in [1.165, 1.54) is 12.1 Å². The minimum atomic E-state index is -3.69. The molecular formula is C17H25N3O5S. The largest absolute Gasteiger partial charge is 0.466 e. The molecule has 0 saturated carbocycles. The van der Waals surface area contributed by atoms with E-state index in [4.69, 9.17) is 9.88 Å². The van der Waals surface area contributed by atoms with Gasteiger partial charge >= 0.3 is 12.0 Å². The molecule has 1 heterocycles. The Hall–Kier alpha value is -2.13. The Kier molecular flexibility index (Phi) is 6.98. The molecule has 1 aromatic rings. The first-order valence-corrected chi connectivity index (χ1v) is 10.2. The van der Waals surface area contributed by atoms with Gasteiger partial charge in [-0.3, -0.25) is 4.79 Å². The highest BCUT2D eigenvalue weighted by Crippen LogP contribution is 2.18. The lowest BCUT2D eigenvalue weighted by molar-refractivity contribution is -0.149. The maximum absolute atomic E-state index is 12.2. The van der Waals surface area contributed by atoms with E-state index in [1.54, 1.807) is 24.0 Å². The Morgan fingerprint density at radius 3 is 2.38 bits per heavy atom. The zero-order chi connectivity index (χ0) is 19.2. The number of carbonyl (C=O) groups is 2. The van der Waals surface area contributed by atoms with Crippen molar-refractivity contribution in [2.75, 3.05) is 26.2 Å². The highest BCUT2D eigenvalue weighted by molar-refractivity contribution is 7.89. The van der Waals surface area contributed by atoms with Crippen molar-refractivity contribution in [1.29, 1.82) is 0 Å². The molecule has 9 heteroatoms. The van der Waals surface area contributed by atoms with Gasteiger partial charge in [-0.25, -0.2) is 18.4 Å². The molecule has 0 atom stereocenters. The van der Waals surface area contributed by atoms with Gasteiger partial charge in [0.05, 0.1) is 17.4 Å². The lowest BCUT2D eigenvalue weighted by Crippen LogP contribution is -2.46. The van der Waals surface area contributed by atoms with Crippen LogP contribution >= 0.6 is 0 Å². The minimum absolute atomic E-state index is 0.0646. The molecule has 0 spiro atoms. The van der Waals surface area contributed by atoms with Crippen LogP contribution in [0.15, 0.2) is 29.2 Å². The third kappa shape index (κ3) is 5.70. The highest BCUT2D eigenvalue weighted by atomic mass is 32.2. The van der Waals surface area contributed by atoms with Crippen molar-refractivity contribution in [3.05, 3.63) is 29.8 Å². The summed E-state index contributed by atoms with van der Waals surface area (Å²) in [7, 11) is -3.69. The number of piperidine rings is 1. The van der Waals surface area contributed by atoms with Crippen molar-refractivity contribution < 1.29 is 22.7 Å². The van der Waals surface area contributed by atoms with Crippen LogP contribution in [0.3, 0.4) is 0 Å². The van der Waals surface area contributed by atoms with E-state index in [2.05, 4.69) is 5.32 Å². The predicted octanol–water partition coefficient (Wildman–Crippen LogP) is 0.861. The number of amides is 2. The van der Waals surface area contributed by atoms with Crippen LogP contribution in [0.25, 0.3) is 0 Å². The maximum Gasteiger partial charge on any atom is 0.317 e. The molecule has 2 amide bonds. The third-order valence-corrected chi connectivity index (χ3v) is 5.27. The first-order valence-electron chi connectivity index (χ1n) is 8.62. The van der Waals surface area contributed by atoms with Gasteiger partial charge in [-0.2, -0.15) is 0 Å². The van der Waals surface area contributed by atoms with E-state index in [0.717, 1.165) is 5.56 Å². The minimum Gasteiger partial charge on any atom is -0.466 e. The van der Waals surface area contributed by atoms with E-state index in [-0.39, 0.29) is 22.8 Å². The summed E-state index contributed by atoms with van der Waals surface area (Å²) in [5.41, 5.74) is 0.902. The molecule has 1 saturated heterocycles. The number of rotatable bonds is 6. The fourth-order valence-electron chi connectivity index (χ4n) is 2.85. The van der Waals surface area contributed by atoms with Gasteiger partial charge in [0.15, 0.2) is 0 Å². The van der Waals surface area contributed by atoms with Gasteiger partial charge in [-0.05, 0) is 43.9 Å². The lowest BCUT2D eigenvalue weighted by atomic mass is 9.97. The molecule has 8 nitrogen and oxygen atoms in total. The number of benzene rings is 1. The van der Waals surface area contributed by atoms with E-state index in [0.29, 0.717) is 45.5 Å². The van der Waals surface area contributed by atoms with Crippen molar-refractivity contribution in [2.45, 2.75) is 31.1 Å². The number of nitrogens with zero attached hydrogens (tertiary/aromatic N) is 1. The van der Waals surface area contributed by atoms with Gasteiger partial charge in [0.1, 0.15) is 0 Å². The van der Waals surface area contributed by atoms with Crippen LogP contribution in [0.2, 0.25) is 0 Å². The summed E-state index contributed by atoms with van der Waals surface area (Å²) in [5.74, 6) is -0.313. The van der Waals surface area contributed by atoms with Crippen molar-refractivity contribution in [2.24, 2.45) is 11.1 Å².